The number of para-hydroxylation sites is 1. The number of nitrogens with zero attached hydrogens (tertiary/aromatic N) is 3. The van der Waals surface area contributed by atoms with E-state index >= 15 is 0 Å². The highest BCUT2D eigenvalue weighted by Crippen LogP contribution is 2.16. The number of hydrogen-bond acceptors (Lipinski definition) is 3. The van der Waals surface area contributed by atoms with E-state index in [1.165, 1.54) is 11.8 Å². The van der Waals surface area contributed by atoms with Crippen LogP contribution in [0.3, 0.4) is 0 Å². The van der Waals surface area contributed by atoms with Crippen molar-refractivity contribution in [2.24, 2.45) is 0 Å². The van der Waals surface area contributed by atoms with Crippen LogP contribution in [0.15, 0.2) is 72.9 Å². The summed E-state index contributed by atoms with van der Waals surface area (Å²) in [7, 11) is 0. The number of carbonyl (C=O) groups is 1. The molecule has 1 fully saturated rings. The molecule has 2 aromatic carbocycles. The zero-order chi connectivity index (χ0) is 20.1. The van der Waals surface area contributed by atoms with Gasteiger partial charge in [-0.3, -0.25) is 9.69 Å². The van der Waals surface area contributed by atoms with E-state index in [1.807, 2.05) is 35.0 Å². The fourth-order valence-electron chi connectivity index (χ4n) is 3.89. The predicted molar refractivity (Wildman–Crippen MR) is 114 cm³/mol. The van der Waals surface area contributed by atoms with Crippen molar-refractivity contribution >= 4 is 11.5 Å². The van der Waals surface area contributed by atoms with Gasteiger partial charge in [-0.1, -0.05) is 36.4 Å². The molecular weight excluding hydrogens is 365 g/mol. The Hall–Kier alpha value is -2.92. The van der Waals surface area contributed by atoms with Crippen LogP contribution < -0.4 is 4.90 Å². The third kappa shape index (κ3) is 4.74. The van der Waals surface area contributed by atoms with Crippen LogP contribution in [0, 0.1) is 5.82 Å². The third-order valence-corrected chi connectivity index (χ3v) is 5.56. The van der Waals surface area contributed by atoms with Crippen LogP contribution in [0.4, 0.5) is 10.1 Å². The summed E-state index contributed by atoms with van der Waals surface area (Å²) in [6.45, 7) is 4.60. The van der Waals surface area contributed by atoms with Crippen molar-refractivity contribution in [3.8, 4) is 0 Å². The molecule has 29 heavy (non-hydrogen) atoms. The molecular formula is C24H26FN3O. The summed E-state index contributed by atoms with van der Waals surface area (Å²) in [5.41, 5.74) is 2.61. The number of aromatic nitrogens is 1. The molecule has 4 rings (SSSR count). The van der Waals surface area contributed by atoms with Crippen molar-refractivity contribution < 1.29 is 9.18 Å². The summed E-state index contributed by atoms with van der Waals surface area (Å²) in [5.74, 6) is -0.0690. The van der Waals surface area contributed by atoms with Crippen LogP contribution in [0.2, 0.25) is 0 Å². The first-order valence-corrected chi connectivity index (χ1v) is 10.1. The Bertz CT molecular complexity index is 946. The Morgan fingerprint density at radius 3 is 2.34 bits per heavy atom. The molecule has 1 aliphatic heterocycles. The van der Waals surface area contributed by atoms with Gasteiger partial charge >= 0.3 is 0 Å². The third-order valence-electron chi connectivity index (χ3n) is 5.56. The lowest BCUT2D eigenvalue weighted by Gasteiger charge is -2.35. The molecule has 5 heteroatoms. The Balaban J connectivity index is 1.32. The maximum absolute atomic E-state index is 13.9. The number of benzene rings is 2. The highest BCUT2D eigenvalue weighted by molar-refractivity contribution is 5.96. The van der Waals surface area contributed by atoms with E-state index in [2.05, 4.69) is 34.1 Å². The van der Waals surface area contributed by atoms with Gasteiger partial charge in [0, 0.05) is 44.6 Å². The fourth-order valence-corrected chi connectivity index (χ4v) is 3.89. The Morgan fingerprint density at radius 1 is 0.862 bits per heavy atom. The molecule has 1 aromatic heterocycles. The van der Waals surface area contributed by atoms with Crippen LogP contribution in [0.1, 0.15) is 16.1 Å². The summed E-state index contributed by atoms with van der Waals surface area (Å²) in [6, 6.07) is 21.0. The lowest BCUT2D eigenvalue weighted by Crippen LogP contribution is -2.48. The summed E-state index contributed by atoms with van der Waals surface area (Å²) in [6.07, 6.45) is 2.47. The molecule has 0 radical (unpaired) electrons. The first-order chi connectivity index (χ1) is 14.2. The van der Waals surface area contributed by atoms with E-state index in [9.17, 15) is 9.18 Å². The molecule has 1 saturated heterocycles. The average molecular weight is 391 g/mol. The van der Waals surface area contributed by atoms with E-state index in [0.717, 1.165) is 26.2 Å². The van der Waals surface area contributed by atoms with Gasteiger partial charge in [0.25, 0.3) is 0 Å². The quantitative estimate of drug-likeness (QED) is 0.573. The normalized spacial score (nSPS) is 14.9. The van der Waals surface area contributed by atoms with Gasteiger partial charge in [-0.05, 0) is 42.3 Å². The second-order valence-corrected chi connectivity index (χ2v) is 7.45. The van der Waals surface area contributed by atoms with Gasteiger partial charge in [0.2, 0.25) is 0 Å². The predicted octanol–water partition coefficient (Wildman–Crippen LogP) is 3.87. The number of Topliss-reactive ketones (excluding diaryl/α,β-unsaturated/α-hetero) is 1. The van der Waals surface area contributed by atoms with Crippen LogP contribution >= 0.6 is 0 Å². The summed E-state index contributed by atoms with van der Waals surface area (Å²) >= 11 is 0. The molecule has 0 unspecified atom stereocenters. The molecule has 2 heterocycles. The van der Waals surface area contributed by atoms with Gasteiger partial charge in [0.15, 0.2) is 5.78 Å². The molecule has 0 saturated carbocycles. The molecule has 0 bridgehead atoms. The van der Waals surface area contributed by atoms with Crippen LogP contribution in [0.5, 0.6) is 0 Å². The first kappa shape index (κ1) is 19.4. The van der Waals surface area contributed by atoms with Crippen LogP contribution in [-0.4, -0.2) is 48.0 Å². The Morgan fingerprint density at radius 2 is 1.59 bits per heavy atom. The van der Waals surface area contributed by atoms with Gasteiger partial charge in [0.05, 0.1) is 12.2 Å². The molecule has 3 aromatic rings. The lowest BCUT2D eigenvalue weighted by atomic mass is 10.1. The van der Waals surface area contributed by atoms with Gasteiger partial charge in [-0.15, -0.1) is 0 Å². The van der Waals surface area contributed by atoms with Gasteiger partial charge < -0.3 is 9.47 Å². The second-order valence-electron chi connectivity index (χ2n) is 7.45. The molecule has 150 valence electrons. The summed E-state index contributed by atoms with van der Waals surface area (Å²) in [4.78, 5) is 17.5. The maximum Gasteiger partial charge on any atom is 0.193 e. The molecule has 0 aliphatic carbocycles. The first-order valence-electron chi connectivity index (χ1n) is 10.1. The second kappa shape index (κ2) is 9.05. The number of rotatable bonds is 7. The van der Waals surface area contributed by atoms with Gasteiger partial charge in [-0.2, -0.15) is 0 Å². The summed E-state index contributed by atoms with van der Waals surface area (Å²) < 4.78 is 15.8. The Labute approximate surface area is 171 Å². The number of anilines is 1. The molecule has 0 spiro atoms. The summed E-state index contributed by atoms with van der Waals surface area (Å²) in [5, 5.41) is 0. The number of carbonyl (C=O) groups excluding carboxylic acids is 1. The van der Waals surface area contributed by atoms with E-state index in [1.54, 1.807) is 12.1 Å². The van der Waals surface area contributed by atoms with E-state index in [0.29, 0.717) is 30.8 Å². The molecule has 0 amide bonds. The minimum absolute atomic E-state index is 0.122. The molecule has 1 aliphatic rings. The van der Waals surface area contributed by atoms with Crippen molar-refractivity contribution in [3.05, 3.63) is 90.0 Å². The molecule has 0 atom stereocenters. The zero-order valence-corrected chi connectivity index (χ0v) is 16.5. The van der Waals surface area contributed by atoms with Crippen molar-refractivity contribution in [1.29, 1.82) is 0 Å². The SMILES string of the molecule is O=C(CN1CCN(c2ccccc2)CC1)c1cccn1CCc1ccccc1F. The van der Waals surface area contributed by atoms with Crippen LogP contribution in [0.25, 0.3) is 0 Å². The van der Waals surface area contributed by atoms with E-state index < -0.39 is 0 Å². The largest absolute Gasteiger partial charge is 0.369 e. The van der Waals surface area contributed by atoms with Crippen molar-refractivity contribution in [3.63, 3.8) is 0 Å². The number of halogens is 1. The Kier molecular flexibility index (Phi) is 6.06. The lowest BCUT2D eigenvalue weighted by molar-refractivity contribution is 0.0917. The monoisotopic (exact) mass is 391 g/mol. The topological polar surface area (TPSA) is 28.5 Å². The van der Waals surface area contributed by atoms with Gasteiger partial charge in [0.1, 0.15) is 5.82 Å². The van der Waals surface area contributed by atoms with Crippen LogP contribution in [-0.2, 0) is 13.0 Å². The van der Waals surface area contributed by atoms with Gasteiger partial charge in [-0.25, -0.2) is 4.39 Å². The standard InChI is InChI=1S/C24H26FN3O/c25-22-10-5-4-7-20(22)12-14-28-13-6-11-23(28)24(29)19-26-15-17-27(18-16-26)21-8-2-1-3-9-21/h1-11,13H,12,14-19H2. The van der Waals surface area contributed by atoms with Crippen molar-refractivity contribution in [2.45, 2.75) is 13.0 Å². The van der Waals surface area contributed by atoms with Crippen molar-refractivity contribution in [1.82, 2.24) is 9.47 Å². The fraction of sp³-hybridized carbons (Fsp3) is 0.292. The smallest absolute Gasteiger partial charge is 0.193 e. The minimum atomic E-state index is -0.191. The maximum atomic E-state index is 13.9. The number of piperazine rings is 1. The van der Waals surface area contributed by atoms with E-state index in [4.69, 9.17) is 0 Å². The number of ketones is 1. The minimum Gasteiger partial charge on any atom is -0.369 e. The molecule has 4 nitrogen and oxygen atoms in total. The number of hydrogen-bond donors (Lipinski definition) is 0. The molecule has 0 N–H and O–H groups in total. The average Bonchev–Trinajstić information content (AvgIpc) is 3.23. The highest BCUT2D eigenvalue weighted by Gasteiger charge is 2.21. The highest BCUT2D eigenvalue weighted by atomic mass is 19.1. The number of aryl methyl sites for hydroxylation is 2. The zero-order valence-electron chi connectivity index (χ0n) is 16.5. The van der Waals surface area contributed by atoms with Crippen molar-refractivity contribution in [2.75, 3.05) is 37.6 Å². The van der Waals surface area contributed by atoms with E-state index in [-0.39, 0.29) is 11.6 Å².